The van der Waals surface area contributed by atoms with Crippen molar-refractivity contribution in [1.29, 1.82) is 0 Å². The number of ketones is 1. The summed E-state index contributed by atoms with van der Waals surface area (Å²) in [4.78, 5) is 24.0. The molecule has 4 heteroatoms. The zero-order valence-corrected chi connectivity index (χ0v) is 14.0. The molecule has 4 nitrogen and oxygen atoms in total. The third-order valence-corrected chi connectivity index (χ3v) is 4.42. The number of ether oxygens (including phenoxy) is 1. The SMILES string of the molecule is COC(=O)c1ccc(-n2c(C)cc3c2CC(C)(C)CC3=O)cc1. The minimum Gasteiger partial charge on any atom is -0.465 e. The molecule has 0 saturated heterocycles. The maximum atomic E-state index is 12.4. The highest BCUT2D eigenvalue weighted by Crippen LogP contribution is 2.37. The smallest absolute Gasteiger partial charge is 0.337 e. The molecule has 1 aromatic heterocycles. The Morgan fingerprint density at radius 2 is 1.83 bits per heavy atom. The van der Waals surface area contributed by atoms with Crippen LogP contribution in [0.2, 0.25) is 0 Å². The molecule has 0 spiro atoms. The van der Waals surface area contributed by atoms with Gasteiger partial charge in [0.1, 0.15) is 0 Å². The van der Waals surface area contributed by atoms with Gasteiger partial charge in [-0.1, -0.05) is 13.8 Å². The molecule has 0 unspecified atom stereocenters. The molecular weight excluding hydrogens is 290 g/mol. The second-order valence-corrected chi connectivity index (χ2v) is 6.96. The summed E-state index contributed by atoms with van der Waals surface area (Å²) in [5, 5.41) is 0. The van der Waals surface area contributed by atoms with E-state index in [0.29, 0.717) is 12.0 Å². The summed E-state index contributed by atoms with van der Waals surface area (Å²) in [5.41, 5.74) is 4.38. The average Bonchev–Trinajstić information content (AvgIpc) is 2.82. The van der Waals surface area contributed by atoms with Gasteiger partial charge in [-0.15, -0.1) is 0 Å². The summed E-state index contributed by atoms with van der Waals surface area (Å²) in [6, 6.07) is 9.27. The van der Waals surface area contributed by atoms with E-state index in [1.54, 1.807) is 12.1 Å². The van der Waals surface area contributed by atoms with E-state index in [1.807, 2.05) is 25.1 Å². The lowest BCUT2D eigenvalue weighted by atomic mass is 9.76. The monoisotopic (exact) mass is 311 g/mol. The minimum atomic E-state index is -0.348. The van der Waals surface area contributed by atoms with E-state index in [9.17, 15) is 9.59 Å². The number of methoxy groups -OCH3 is 1. The molecule has 0 bridgehead atoms. The highest BCUT2D eigenvalue weighted by molar-refractivity contribution is 5.99. The number of esters is 1. The molecule has 0 amide bonds. The van der Waals surface area contributed by atoms with Gasteiger partial charge in [0.05, 0.1) is 12.7 Å². The molecule has 0 fully saturated rings. The number of benzene rings is 1. The molecule has 23 heavy (non-hydrogen) atoms. The number of rotatable bonds is 2. The van der Waals surface area contributed by atoms with Crippen LogP contribution in [0.3, 0.4) is 0 Å². The number of Topliss-reactive ketones (excluding diaryl/α,β-unsaturated/α-hetero) is 1. The van der Waals surface area contributed by atoms with Crippen LogP contribution in [0.15, 0.2) is 30.3 Å². The zero-order valence-electron chi connectivity index (χ0n) is 14.0. The van der Waals surface area contributed by atoms with Crippen LogP contribution in [-0.2, 0) is 11.2 Å². The molecule has 1 aromatic carbocycles. The standard InChI is InChI=1S/C19H21NO3/c1-12-9-15-16(10-19(2,3)11-17(15)21)20(12)14-7-5-13(6-8-14)18(22)23-4/h5-9H,10-11H2,1-4H3. The quantitative estimate of drug-likeness (QED) is 0.794. The normalized spacial score (nSPS) is 16.1. The highest BCUT2D eigenvalue weighted by Gasteiger charge is 2.34. The highest BCUT2D eigenvalue weighted by atomic mass is 16.5. The largest absolute Gasteiger partial charge is 0.465 e. The summed E-state index contributed by atoms with van der Waals surface area (Å²) in [6.45, 7) is 6.26. The van der Waals surface area contributed by atoms with Gasteiger partial charge in [0, 0.05) is 29.1 Å². The second kappa shape index (κ2) is 5.37. The summed E-state index contributed by atoms with van der Waals surface area (Å²) in [5.74, 6) is -0.136. The van der Waals surface area contributed by atoms with Gasteiger partial charge in [-0.2, -0.15) is 0 Å². The van der Waals surface area contributed by atoms with Gasteiger partial charge in [-0.05, 0) is 49.1 Å². The van der Waals surface area contributed by atoms with E-state index in [-0.39, 0.29) is 17.2 Å². The van der Waals surface area contributed by atoms with Crippen molar-refractivity contribution in [3.63, 3.8) is 0 Å². The number of carbonyl (C=O) groups excluding carboxylic acids is 2. The van der Waals surface area contributed by atoms with Gasteiger partial charge in [0.15, 0.2) is 5.78 Å². The van der Waals surface area contributed by atoms with Crippen LogP contribution in [0.1, 0.15) is 52.4 Å². The number of carbonyl (C=O) groups is 2. The van der Waals surface area contributed by atoms with Crippen molar-refractivity contribution in [1.82, 2.24) is 4.57 Å². The van der Waals surface area contributed by atoms with Gasteiger partial charge in [0.25, 0.3) is 0 Å². The third kappa shape index (κ3) is 2.69. The Morgan fingerprint density at radius 3 is 2.43 bits per heavy atom. The van der Waals surface area contributed by atoms with Crippen molar-refractivity contribution in [2.24, 2.45) is 5.41 Å². The van der Waals surface area contributed by atoms with Crippen molar-refractivity contribution in [2.75, 3.05) is 7.11 Å². The summed E-state index contributed by atoms with van der Waals surface area (Å²) in [7, 11) is 1.37. The molecule has 120 valence electrons. The predicted molar refractivity (Wildman–Crippen MR) is 88.3 cm³/mol. The van der Waals surface area contributed by atoms with E-state index < -0.39 is 0 Å². The number of aryl methyl sites for hydroxylation is 1. The van der Waals surface area contributed by atoms with Crippen LogP contribution in [-0.4, -0.2) is 23.4 Å². The number of aromatic nitrogens is 1. The fraction of sp³-hybridized carbons (Fsp3) is 0.368. The molecule has 1 aliphatic rings. The maximum absolute atomic E-state index is 12.4. The number of nitrogens with zero attached hydrogens (tertiary/aromatic N) is 1. The van der Waals surface area contributed by atoms with Crippen LogP contribution in [0.5, 0.6) is 0 Å². The van der Waals surface area contributed by atoms with Crippen molar-refractivity contribution in [2.45, 2.75) is 33.6 Å². The van der Waals surface area contributed by atoms with Crippen LogP contribution >= 0.6 is 0 Å². The van der Waals surface area contributed by atoms with Gasteiger partial charge in [-0.25, -0.2) is 4.79 Å². The first-order valence-corrected chi connectivity index (χ1v) is 7.75. The molecule has 0 N–H and O–H groups in total. The first-order valence-electron chi connectivity index (χ1n) is 7.75. The number of hydrogen-bond acceptors (Lipinski definition) is 3. The van der Waals surface area contributed by atoms with Crippen molar-refractivity contribution >= 4 is 11.8 Å². The van der Waals surface area contributed by atoms with E-state index in [1.165, 1.54) is 7.11 Å². The number of hydrogen-bond donors (Lipinski definition) is 0. The Kier molecular flexibility index (Phi) is 3.63. The summed E-state index contributed by atoms with van der Waals surface area (Å²) >= 11 is 0. The molecule has 1 aliphatic carbocycles. The van der Waals surface area contributed by atoms with Crippen molar-refractivity contribution < 1.29 is 14.3 Å². The predicted octanol–water partition coefficient (Wildman–Crippen LogP) is 3.73. The third-order valence-electron chi connectivity index (χ3n) is 4.42. The maximum Gasteiger partial charge on any atom is 0.337 e. The molecule has 0 saturated carbocycles. The fourth-order valence-corrected chi connectivity index (χ4v) is 3.38. The second-order valence-electron chi connectivity index (χ2n) is 6.96. The Balaban J connectivity index is 2.08. The average molecular weight is 311 g/mol. The first kappa shape index (κ1) is 15.5. The van der Waals surface area contributed by atoms with Crippen molar-refractivity contribution in [3.8, 4) is 5.69 Å². The van der Waals surface area contributed by atoms with Gasteiger partial charge in [-0.3, -0.25) is 4.79 Å². The van der Waals surface area contributed by atoms with Gasteiger partial charge < -0.3 is 9.30 Å². The lowest BCUT2D eigenvalue weighted by Crippen LogP contribution is -2.27. The number of fused-ring (bicyclic) bond motifs is 1. The summed E-state index contributed by atoms with van der Waals surface area (Å²) in [6.07, 6.45) is 1.45. The molecular formula is C19H21NO3. The van der Waals surface area contributed by atoms with Gasteiger partial charge >= 0.3 is 5.97 Å². The Morgan fingerprint density at radius 1 is 1.17 bits per heavy atom. The van der Waals surface area contributed by atoms with E-state index in [4.69, 9.17) is 4.74 Å². The van der Waals surface area contributed by atoms with E-state index >= 15 is 0 Å². The van der Waals surface area contributed by atoms with Crippen LogP contribution < -0.4 is 0 Å². The molecule has 1 heterocycles. The first-order chi connectivity index (χ1) is 10.8. The molecule has 3 rings (SSSR count). The Labute approximate surface area is 136 Å². The van der Waals surface area contributed by atoms with E-state index in [2.05, 4.69) is 18.4 Å². The molecule has 0 radical (unpaired) electrons. The summed E-state index contributed by atoms with van der Waals surface area (Å²) < 4.78 is 6.85. The Hall–Kier alpha value is -2.36. The minimum absolute atomic E-state index is 0.0292. The van der Waals surface area contributed by atoms with Crippen molar-refractivity contribution in [3.05, 3.63) is 52.8 Å². The van der Waals surface area contributed by atoms with Gasteiger partial charge in [0.2, 0.25) is 0 Å². The fourth-order valence-electron chi connectivity index (χ4n) is 3.38. The van der Waals surface area contributed by atoms with E-state index in [0.717, 1.165) is 29.1 Å². The van der Waals surface area contributed by atoms with Crippen LogP contribution in [0.25, 0.3) is 5.69 Å². The molecule has 2 aromatic rings. The lowest BCUT2D eigenvalue weighted by Gasteiger charge is -2.29. The molecule has 0 atom stereocenters. The van der Waals surface area contributed by atoms with Crippen LogP contribution in [0.4, 0.5) is 0 Å². The lowest BCUT2D eigenvalue weighted by molar-refractivity contribution is 0.0600. The zero-order chi connectivity index (χ0) is 16.8. The Bertz CT molecular complexity index is 782. The molecule has 0 aliphatic heterocycles. The topological polar surface area (TPSA) is 48.3 Å². The van der Waals surface area contributed by atoms with Crippen LogP contribution in [0, 0.1) is 12.3 Å².